The summed E-state index contributed by atoms with van der Waals surface area (Å²) in [7, 11) is 0. The van der Waals surface area contributed by atoms with E-state index in [0.29, 0.717) is 4.64 Å². The number of benzene rings is 1. The molecule has 0 spiro atoms. The van der Waals surface area contributed by atoms with Crippen LogP contribution in [0, 0.1) is 11.6 Å². The number of hydrogen-bond donors (Lipinski definition) is 1. The number of aromatic nitrogens is 2. The summed E-state index contributed by atoms with van der Waals surface area (Å²) >= 11 is 8.70. The molecule has 2 aromatic rings. The Morgan fingerprint density at radius 2 is 1.94 bits per heavy atom. The summed E-state index contributed by atoms with van der Waals surface area (Å²) in [6.45, 7) is 4.12. The Bertz CT molecular complexity index is 587. The monoisotopic (exact) mass is 308 g/mol. The number of hydrogen-bond acceptors (Lipinski definition) is 2. The molecule has 0 unspecified atom stereocenters. The van der Waals surface area contributed by atoms with E-state index < -0.39 is 0 Å². The average Bonchev–Trinajstić information content (AvgIpc) is 2.33. The van der Waals surface area contributed by atoms with E-state index in [9.17, 15) is 0 Å². The van der Waals surface area contributed by atoms with E-state index in [1.807, 2.05) is 31.2 Å². The Hall–Kier alpha value is -1.00. The van der Waals surface area contributed by atoms with E-state index in [-0.39, 0.29) is 0 Å². The van der Waals surface area contributed by atoms with Crippen molar-refractivity contribution in [1.29, 1.82) is 0 Å². The van der Waals surface area contributed by atoms with Crippen molar-refractivity contribution in [3.8, 4) is 11.4 Å². The number of rotatable bonds is 2. The first kappa shape index (κ1) is 12.5. The normalized spacial score (nSPS) is 10.5. The Kier molecular flexibility index (Phi) is 3.74. The van der Waals surface area contributed by atoms with E-state index >= 15 is 0 Å². The van der Waals surface area contributed by atoms with Crippen LogP contribution in [0.15, 0.2) is 28.7 Å². The second-order valence-electron chi connectivity index (χ2n) is 3.85. The fourth-order valence-corrected chi connectivity index (χ4v) is 2.16. The summed E-state index contributed by atoms with van der Waals surface area (Å²) in [5.41, 5.74) is 3.28. The van der Waals surface area contributed by atoms with Crippen LogP contribution in [0.25, 0.3) is 11.4 Å². The Balaban J connectivity index is 2.56. The SMILES string of the molecule is CCc1[nH]c(-c2ccc(Br)cc2)nc(=S)c1C. The average molecular weight is 309 g/mol. The lowest BCUT2D eigenvalue weighted by atomic mass is 10.1. The van der Waals surface area contributed by atoms with Crippen LogP contribution < -0.4 is 0 Å². The van der Waals surface area contributed by atoms with Crippen molar-refractivity contribution in [2.75, 3.05) is 0 Å². The molecule has 0 aliphatic heterocycles. The lowest BCUT2D eigenvalue weighted by molar-refractivity contribution is 0.969. The third-order valence-corrected chi connectivity index (χ3v) is 3.65. The Morgan fingerprint density at radius 3 is 2.53 bits per heavy atom. The maximum absolute atomic E-state index is 5.28. The van der Waals surface area contributed by atoms with Gasteiger partial charge in [-0.3, -0.25) is 0 Å². The number of aryl methyl sites for hydroxylation is 1. The molecule has 0 saturated carbocycles. The smallest absolute Gasteiger partial charge is 0.139 e. The van der Waals surface area contributed by atoms with E-state index in [2.05, 4.69) is 32.8 Å². The molecule has 1 heterocycles. The molecule has 2 nitrogen and oxygen atoms in total. The van der Waals surface area contributed by atoms with Crippen molar-refractivity contribution in [3.63, 3.8) is 0 Å². The van der Waals surface area contributed by atoms with Gasteiger partial charge in [0.2, 0.25) is 0 Å². The van der Waals surface area contributed by atoms with Crippen LogP contribution in [0.5, 0.6) is 0 Å². The topological polar surface area (TPSA) is 28.7 Å². The van der Waals surface area contributed by atoms with Gasteiger partial charge in [0.25, 0.3) is 0 Å². The van der Waals surface area contributed by atoms with Gasteiger partial charge in [0, 0.05) is 21.3 Å². The molecule has 0 radical (unpaired) electrons. The zero-order valence-electron chi connectivity index (χ0n) is 9.75. The highest BCUT2D eigenvalue weighted by Gasteiger charge is 2.05. The van der Waals surface area contributed by atoms with Gasteiger partial charge in [-0.25, -0.2) is 4.98 Å². The highest BCUT2D eigenvalue weighted by molar-refractivity contribution is 9.10. The molecule has 2 rings (SSSR count). The highest BCUT2D eigenvalue weighted by atomic mass is 79.9. The minimum Gasteiger partial charge on any atom is -0.343 e. The van der Waals surface area contributed by atoms with Crippen LogP contribution in [0.1, 0.15) is 18.2 Å². The van der Waals surface area contributed by atoms with Gasteiger partial charge in [0.15, 0.2) is 0 Å². The van der Waals surface area contributed by atoms with Crippen molar-refractivity contribution in [2.24, 2.45) is 0 Å². The fraction of sp³-hybridized carbons (Fsp3) is 0.231. The van der Waals surface area contributed by atoms with Crippen molar-refractivity contribution in [3.05, 3.63) is 44.6 Å². The zero-order chi connectivity index (χ0) is 12.4. The molecule has 1 N–H and O–H groups in total. The summed E-state index contributed by atoms with van der Waals surface area (Å²) in [6.07, 6.45) is 0.932. The van der Waals surface area contributed by atoms with Crippen molar-refractivity contribution in [2.45, 2.75) is 20.3 Å². The van der Waals surface area contributed by atoms with E-state index in [1.165, 1.54) is 0 Å². The lowest BCUT2D eigenvalue weighted by Gasteiger charge is -2.07. The third kappa shape index (κ3) is 2.64. The van der Waals surface area contributed by atoms with Crippen LogP contribution in [0.2, 0.25) is 0 Å². The molecule has 0 fully saturated rings. The maximum atomic E-state index is 5.28. The molecular formula is C13H13BrN2S. The minimum absolute atomic E-state index is 0.679. The molecule has 0 atom stereocenters. The molecular weight excluding hydrogens is 296 g/mol. The van der Waals surface area contributed by atoms with Gasteiger partial charge < -0.3 is 4.98 Å². The zero-order valence-corrected chi connectivity index (χ0v) is 12.2. The van der Waals surface area contributed by atoms with Gasteiger partial charge in [-0.05, 0) is 25.5 Å². The molecule has 0 aliphatic rings. The molecule has 0 saturated heterocycles. The third-order valence-electron chi connectivity index (χ3n) is 2.73. The van der Waals surface area contributed by atoms with Gasteiger partial charge in [0.05, 0.1) is 0 Å². The van der Waals surface area contributed by atoms with E-state index in [0.717, 1.165) is 33.5 Å². The molecule has 1 aromatic carbocycles. The number of H-pyrrole nitrogens is 1. The maximum Gasteiger partial charge on any atom is 0.139 e. The predicted molar refractivity (Wildman–Crippen MR) is 76.7 cm³/mol. The molecule has 0 amide bonds. The highest BCUT2D eigenvalue weighted by Crippen LogP contribution is 2.20. The van der Waals surface area contributed by atoms with Crippen LogP contribution >= 0.6 is 28.1 Å². The summed E-state index contributed by atoms with van der Waals surface area (Å²) < 4.78 is 1.74. The fourth-order valence-electron chi connectivity index (χ4n) is 1.68. The van der Waals surface area contributed by atoms with Crippen LogP contribution in [-0.4, -0.2) is 9.97 Å². The van der Waals surface area contributed by atoms with Crippen molar-refractivity contribution < 1.29 is 0 Å². The molecule has 1 aromatic heterocycles. The number of nitrogens with zero attached hydrogens (tertiary/aromatic N) is 1. The molecule has 4 heteroatoms. The first-order valence-corrected chi connectivity index (χ1v) is 6.67. The molecule has 88 valence electrons. The van der Waals surface area contributed by atoms with Gasteiger partial charge in [0.1, 0.15) is 10.5 Å². The van der Waals surface area contributed by atoms with Crippen LogP contribution in [0.3, 0.4) is 0 Å². The lowest BCUT2D eigenvalue weighted by Crippen LogP contribution is -1.99. The quantitative estimate of drug-likeness (QED) is 0.831. The van der Waals surface area contributed by atoms with E-state index in [1.54, 1.807) is 0 Å². The summed E-state index contributed by atoms with van der Waals surface area (Å²) in [4.78, 5) is 7.77. The first-order chi connectivity index (χ1) is 8.11. The van der Waals surface area contributed by atoms with Gasteiger partial charge in [-0.2, -0.15) is 0 Å². The Morgan fingerprint density at radius 1 is 1.29 bits per heavy atom. The Labute approximate surface area is 114 Å². The number of nitrogens with one attached hydrogen (secondary N) is 1. The first-order valence-electron chi connectivity index (χ1n) is 5.47. The predicted octanol–water partition coefficient (Wildman–Crippen LogP) is 4.44. The number of halogens is 1. The van der Waals surface area contributed by atoms with Gasteiger partial charge >= 0.3 is 0 Å². The second-order valence-corrected chi connectivity index (χ2v) is 5.16. The standard InChI is InChI=1S/C13H13BrN2S/c1-3-11-8(2)13(17)16-12(15-11)9-4-6-10(14)7-5-9/h4-7H,3H2,1-2H3,(H,15,16,17). The van der Waals surface area contributed by atoms with Crippen molar-refractivity contribution in [1.82, 2.24) is 9.97 Å². The van der Waals surface area contributed by atoms with Gasteiger partial charge in [-0.15, -0.1) is 0 Å². The summed E-state index contributed by atoms with van der Waals surface area (Å²) in [5, 5.41) is 0. The van der Waals surface area contributed by atoms with Gasteiger partial charge in [-0.1, -0.05) is 47.2 Å². The van der Waals surface area contributed by atoms with E-state index in [4.69, 9.17) is 12.2 Å². The van der Waals surface area contributed by atoms with Crippen molar-refractivity contribution >= 4 is 28.1 Å². The summed E-state index contributed by atoms with van der Waals surface area (Å²) in [5.74, 6) is 0.838. The second kappa shape index (κ2) is 5.10. The summed E-state index contributed by atoms with van der Waals surface area (Å²) in [6, 6.07) is 8.04. The molecule has 0 bridgehead atoms. The number of aromatic amines is 1. The minimum atomic E-state index is 0.679. The van der Waals surface area contributed by atoms with Crippen LogP contribution in [-0.2, 0) is 6.42 Å². The van der Waals surface area contributed by atoms with Crippen LogP contribution in [0.4, 0.5) is 0 Å². The molecule has 17 heavy (non-hydrogen) atoms. The largest absolute Gasteiger partial charge is 0.343 e. The molecule has 0 aliphatic carbocycles.